The Hall–Kier alpha value is -2.17. The van der Waals surface area contributed by atoms with Crippen molar-refractivity contribution in [3.05, 3.63) is 66.2 Å². The van der Waals surface area contributed by atoms with Gasteiger partial charge in [0, 0.05) is 21.1 Å². The maximum atomic E-state index is 11.6. The van der Waals surface area contributed by atoms with Gasteiger partial charge in [-0.05, 0) is 35.9 Å². The van der Waals surface area contributed by atoms with Crippen molar-refractivity contribution in [2.45, 2.75) is 20.8 Å². The normalized spacial score (nSPS) is 8.08. The number of methoxy groups -OCH3 is 1. The van der Waals surface area contributed by atoms with E-state index in [-0.39, 0.29) is 11.2 Å². The Morgan fingerprint density at radius 2 is 1.17 bits per heavy atom. The molecule has 0 fully saturated rings. The van der Waals surface area contributed by atoms with Gasteiger partial charge in [0.25, 0.3) is 0 Å². The Morgan fingerprint density at radius 3 is 1.54 bits per heavy atom. The molecule has 0 heterocycles. The minimum Gasteiger partial charge on any atom is -0.423 e. The van der Waals surface area contributed by atoms with Gasteiger partial charge in [-0.3, -0.25) is 4.79 Å². The summed E-state index contributed by atoms with van der Waals surface area (Å²) in [5.41, 5.74) is 0.557. The molecule has 0 radical (unpaired) electrons. The average molecular weight is 353 g/mol. The molecule has 0 saturated carbocycles. The molecule has 4 nitrogen and oxygen atoms in total. The van der Waals surface area contributed by atoms with Crippen LogP contribution in [0.15, 0.2) is 60.7 Å². The molecule has 2 rings (SSSR count). The lowest BCUT2D eigenvalue weighted by atomic mass is 10.2. The largest absolute Gasteiger partial charge is 0.423 e. The fraction of sp³-hybridized carbons (Fsp3) is 0.263. The fourth-order valence-electron chi connectivity index (χ4n) is 1.23. The molecule has 0 N–H and O–H groups in total. The lowest BCUT2D eigenvalue weighted by Gasteiger charge is -2.02. The monoisotopic (exact) mass is 352 g/mol. The Morgan fingerprint density at radius 1 is 0.833 bits per heavy atom. The van der Waals surface area contributed by atoms with Crippen LogP contribution in [0.25, 0.3) is 0 Å². The SMILES string of the molecule is CC.CC(=O)Cl.COC.O=C(Oc1ccccc1)c1ccccc1. The van der Waals surface area contributed by atoms with Gasteiger partial charge in [-0.15, -0.1) is 0 Å². The van der Waals surface area contributed by atoms with Crippen molar-refractivity contribution in [2.24, 2.45) is 0 Å². The quantitative estimate of drug-likeness (QED) is 0.435. The molecule has 0 bridgehead atoms. The second-order valence-corrected chi connectivity index (χ2v) is 4.48. The first-order valence-electron chi connectivity index (χ1n) is 7.39. The van der Waals surface area contributed by atoms with Crippen molar-refractivity contribution in [3.8, 4) is 5.75 Å². The molecular weight excluding hydrogens is 328 g/mol. The zero-order chi connectivity index (χ0) is 18.8. The lowest BCUT2D eigenvalue weighted by molar-refractivity contribution is -0.109. The maximum Gasteiger partial charge on any atom is 0.343 e. The molecule has 0 spiro atoms. The number of halogens is 1. The van der Waals surface area contributed by atoms with Gasteiger partial charge < -0.3 is 9.47 Å². The first-order valence-corrected chi connectivity index (χ1v) is 7.77. The molecule has 0 aliphatic carbocycles. The summed E-state index contributed by atoms with van der Waals surface area (Å²) in [5, 5.41) is -0.361. The van der Waals surface area contributed by atoms with E-state index in [9.17, 15) is 9.59 Å². The highest BCUT2D eigenvalue weighted by Gasteiger charge is 2.06. The molecule has 0 amide bonds. The summed E-state index contributed by atoms with van der Waals surface area (Å²) in [6.45, 7) is 5.29. The van der Waals surface area contributed by atoms with Crippen LogP contribution in [0.3, 0.4) is 0 Å². The molecule has 5 heteroatoms. The number of hydrogen-bond donors (Lipinski definition) is 0. The topological polar surface area (TPSA) is 52.6 Å². The highest BCUT2D eigenvalue weighted by Crippen LogP contribution is 2.11. The summed E-state index contributed by atoms with van der Waals surface area (Å²) >= 11 is 4.64. The first-order chi connectivity index (χ1) is 11.5. The molecule has 0 aliphatic heterocycles. The maximum absolute atomic E-state index is 11.6. The van der Waals surface area contributed by atoms with Crippen LogP contribution >= 0.6 is 11.6 Å². The minimum absolute atomic E-state index is 0.332. The van der Waals surface area contributed by atoms with Gasteiger partial charge >= 0.3 is 5.97 Å². The van der Waals surface area contributed by atoms with Gasteiger partial charge in [-0.2, -0.15) is 0 Å². The van der Waals surface area contributed by atoms with E-state index in [4.69, 9.17) is 4.74 Å². The van der Waals surface area contributed by atoms with Crippen molar-refractivity contribution in [1.82, 2.24) is 0 Å². The van der Waals surface area contributed by atoms with E-state index in [1.165, 1.54) is 6.92 Å². The van der Waals surface area contributed by atoms with Gasteiger partial charge in [0.15, 0.2) is 0 Å². The molecule has 24 heavy (non-hydrogen) atoms. The number of rotatable bonds is 2. The standard InChI is InChI=1S/C13H10O2.C2H3ClO.C2H6O.C2H6/c14-13(11-7-3-1-4-8-11)15-12-9-5-2-6-10-12;1-2(3)4;1-3-2;1-2/h1-10H;1H3;1-2H3;1-2H3. The summed E-state index contributed by atoms with van der Waals surface area (Å²) < 4.78 is 9.41. The van der Waals surface area contributed by atoms with Gasteiger partial charge in [-0.25, -0.2) is 4.79 Å². The predicted octanol–water partition coefficient (Wildman–Crippen LogP) is 4.97. The van der Waals surface area contributed by atoms with E-state index in [1.54, 1.807) is 38.5 Å². The van der Waals surface area contributed by atoms with Crippen molar-refractivity contribution >= 4 is 22.8 Å². The number of carbonyl (C=O) groups excluding carboxylic acids is 2. The third-order valence-corrected chi connectivity index (χ3v) is 1.96. The van der Waals surface area contributed by atoms with Gasteiger partial charge in [-0.1, -0.05) is 50.2 Å². The van der Waals surface area contributed by atoms with Crippen molar-refractivity contribution in [1.29, 1.82) is 0 Å². The molecule has 2 aromatic carbocycles. The molecule has 0 saturated heterocycles. The number of para-hydroxylation sites is 1. The van der Waals surface area contributed by atoms with Crippen molar-refractivity contribution < 1.29 is 19.1 Å². The number of ether oxygens (including phenoxy) is 2. The lowest BCUT2D eigenvalue weighted by Crippen LogP contribution is -2.07. The second kappa shape index (κ2) is 17.2. The second-order valence-electron chi connectivity index (χ2n) is 3.95. The molecule has 2 aromatic rings. The summed E-state index contributed by atoms with van der Waals surface area (Å²) in [6.07, 6.45) is 0. The average Bonchev–Trinajstić information content (AvgIpc) is 2.59. The van der Waals surface area contributed by atoms with E-state index in [2.05, 4.69) is 16.3 Å². The first kappa shape index (κ1) is 24.1. The van der Waals surface area contributed by atoms with E-state index in [0.29, 0.717) is 11.3 Å². The zero-order valence-corrected chi connectivity index (χ0v) is 15.5. The number of benzene rings is 2. The number of carbonyl (C=O) groups is 2. The van der Waals surface area contributed by atoms with Crippen LogP contribution in [-0.2, 0) is 9.53 Å². The predicted molar refractivity (Wildman–Crippen MR) is 98.7 cm³/mol. The van der Waals surface area contributed by atoms with E-state index < -0.39 is 0 Å². The third kappa shape index (κ3) is 14.8. The number of esters is 1. The van der Waals surface area contributed by atoms with Gasteiger partial charge in [0.05, 0.1) is 5.56 Å². The smallest absolute Gasteiger partial charge is 0.343 e. The van der Waals surface area contributed by atoms with Crippen LogP contribution in [0, 0.1) is 0 Å². The van der Waals surface area contributed by atoms with Gasteiger partial charge in [0.1, 0.15) is 5.75 Å². The molecule has 132 valence electrons. The Balaban J connectivity index is 0. The zero-order valence-electron chi connectivity index (χ0n) is 14.8. The molecule has 0 unspecified atom stereocenters. The molecular formula is C19H25ClO4. The van der Waals surface area contributed by atoms with E-state index in [0.717, 1.165) is 0 Å². The van der Waals surface area contributed by atoms with E-state index in [1.807, 2.05) is 50.2 Å². The van der Waals surface area contributed by atoms with E-state index >= 15 is 0 Å². The summed E-state index contributed by atoms with van der Waals surface area (Å²) in [6, 6.07) is 18.0. The summed E-state index contributed by atoms with van der Waals surface area (Å²) in [4.78, 5) is 20.8. The van der Waals surface area contributed by atoms with Crippen molar-refractivity contribution in [3.63, 3.8) is 0 Å². The van der Waals surface area contributed by atoms with Crippen LogP contribution in [0.4, 0.5) is 0 Å². The van der Waals surface area contributed by atoms with Crippen LogP contribution in [0.1, 0.15) is 31.1 Å². The van der Waals surface area contributed by atoms with Crippen LogP contribution in [-0.4, -0.2) is 25.4 Å². The highest BCUT2D eigenvalue weighted by atomic mass is 35.5. The summed E-state index contributed by atoms with van der Waals surface area (Å²) in [5.74, 6) is 0.230. The molecule has 0 aliphatic rings. The van der Waals surface area contributed by atoms with Crippen LogP contribution < -0.4 is 4.74 Å². The van der Waals surface area contributed by atoms with Gasteiger partial charge in [0.2, 0.25) is 5.24 Å². The molecule has 0 atom stereocenters. The molecule has 0 aromatic heterocycles. The third-order valence-electron chi connectivity index (χ3n) is 1.96. The number of hydrogen-bond acceptors (Lipinski definition) is 4. The Labute approximate surface area is 149 Å². The minimum atomic E-state index is -0.361. The highest BCUT2D eigenvalue weighted by molar-refractivity contribution is 6.62. The fourth-order valence-corrected chi connectivity index (χ4v) is 1.23. The Bertz CT molecular complexity index is 538. The Kier molecular flexibility index (Phi) is 17.3. The summed E-state index contributed by atoms with van der Waals surface area (Å²) in [7, 11) is 3.25. The van der Waals surface area contributed by atoms with Crippen molar-refractivity contribution in [2.75, 3.05) is 14.2 Å². The van der Waals surface area contributed by atoms with Crippen LogP contribution in [0.2, 0.25) is 0 Å². The van der Waals surface area contributed by atoms with Crippen LogP contribution in [0.5, 0.6) is 5.75 Å².